The number of amides is 1. The fourth-order valence-electron chi connectivity index (χ4n) is 1.96. The summed E-state index contributed by atoms with van der Waals surface area (Å²) in [5.74, 6) is -0.695. The summed E-state index contributed by atoms with van der Waals surface area (Å²) in [6.45, 7) is 3.78. The largest absolute Gasteiger partial charge is 0.319 e. The smallest absolute Gasteiger partial charge is 0.311 e. The van der Waals surface area contributed by atoms with Gasteiger partial charge >= 0.3 is 5.69 Å². The maximum absolute atomic E-state index is 12.1. The molecule has 0 unspecified atom stereocenters. The molecule has 2 rings (SSSR count). The van der Waals surface area contributed by atoms with Crippen molar-refractivity contribution in [1.29, 1.82) is 5.26 Å². The van der Waals surface area contributed by atoms with Crippen molar-refractivity contribution in [2.75, 3.05) is 5.32 Å². The highest BCUT2D eigenvalue weighted by Crippen LogP contribution is 2.33. The lowest BCUT2D eigenvalue weighted by Crippen LogP contribution is -2.14. The van der Waals surface area contributed by atoms with Crippen molar-refractivity contribution in [1.82, 2.24) is 10.2 Å². The maximum atomic E-state index is 12.1. The number of hydrogen-bond donors (Lipinski definition) is 2. The number of aromatic nitrogens is 2. The normalized spacial score (nSPS) is 10.1. The SMILES string of the molecule is CCc1c(C)sc(NC(=O)c2[nH]ncc2[N+](=O)[O-])c1C#N. The van der Waals surface area contributed by atoms with Gasteiger partial charge in [0.15, 0.2) is 0 Å². The fraction of sp³-hybridized carbons (Fsp3) is 0.250. The highest BCUT2D eigenvalue weighted by Gasteiger charge is 2.25. The number of anilines is 1. The van der Waals surface area contributed by atoms with E-state index in [2.05, 4.69) is 21.6 Å². The lowest BCUT2D eigenvalue weighted by Gasteiger charge is -2.01. The fourth-order valence-corrected chi connectivity index (χ4v) is 3.05. The van der Waals surface area contributed by atoms with Gasteiger partial charge in [-0.2, -0.15) is 10.4 Å². The van der Waals surface area contributed by atoms with Crippen LogP contribution in [-0.4, -0.2) is 21.0 Å². The van der Waals surface area contributed by atoms with Gasteiger partial charge in [-0.1, -0.05) is 6.92 Å². The summed E-state index contributed by atoms with van der Waals surface area (Å²) < 4.78 is 0. The number of rotatable bonds is 4. The third-order valence-corrected chi connectivity index (χ3v) is 4.01. The van der Waals surface area contributed by atoms with E-state index >= 15 is 0 Å². The number of aromatic amines is 1. The summed E-state index contributed by atoms with van der Waals surface area (Å²) in [6.07, 6.45) is 1.64. The van der Waals surface area contributed by atoms with Gasteiger partial charge in [0.25, 0.3) is 5.91 Å². The van der Waals surface area contributed by atoms with Crippen LogP contribution in [0.2, 0.25) is 0 Å². The molecule has 0 spiro atoms. The van der Waals surface area contributed by atoms with E-state index in [1.165, 1.54) is 11.3 Å². The lowest BCUT2D eigenvalue weighted by atomic mass is 10.1. The summed E-state index contributed by atoms with van der Waals surface area (Å²) in [7, 11) is 0. The van der Waals surface area contributed by atoms with E-state index in [0.29, 0.717) is 17.0 Å². The van der Waals surface area contributed by atoms with E-state index in [0.717, 1.165) is 16.6 Å². The molecule has 1 amide bonds. The van der Waals surface area contributed by atoms with E-state index in [1.807, 2.05) is 13.8 Å². The number of nitrogens with zero attached hydrogens (tertiary/aromatic N) is 3. The van der Waals surface area contributed by atoms with Crippen molar-refractivity contribution in [3.05, 3.63) is 38.0 Å². The van der Waals surface area contributed by atoms with E-state index < -0.39 is 16.5 Å². The van der Waals surface area contributed by atoms with Crippen molar-refractivity contribution in [3.63, 3.8) is 0 Å². The van der Waals surface area contributed by atoms with Gasteiger partial charge in [0.05, 0.1) is 10.5 Å². The molecule has 0 bridgehead atoms. The second kappa shape index (κ2) is 5.72. The number of carbonyl (C=O) groups is 1. The molecule has 0 aliphatic rings. The van der Waals surface area contributed by atoms with Gasteiger partial charge in [-0.15, -0.1) is 11.3 Å². The lowest BCUT2D eigenvalue weighted by molar-refractivity contribution is -0.385. The van der Waals surface area contributed by atoms with E-state index in [1.54, 1.807) is 0 Å². The molecule has 0 radical (unpaired) electrons. The Kier molecular flexibility index (Phi) is 4.00. The Hall–Kier alpha value is -2.73. The number of nitrogens with one attached hydrogen (secondary N) is 2. The minimum Gasteiger partial charge on any atom is -0.311 e. The highest BCUT2D eigenvalue weighted by molar-refractivity contribution is 7.16. The van der Waals surface area contributed by atoms with Crippen molar-refractivity contribution in [3.8, 4) is 6.07 Å². The average Bonchev–Trinajstić information content (AvgIpc) is 3.02. The first kappa shape index (κ1) is 14.7. The van der Waals surface area contributed by atoms with E-state index in [-0.39, 0.29) is 5.69 Å². The number of H-pyrrole nitrogens is 1. The number of carbonyl (C=O) groups excluding carboxylic acids is 1. The Labute approximate surface area is 123 Å². The molecule has 0 fully saturated rings. The molecular weight excluding hydrogens is 294 g/mol. The molecule has 0 aliphatic carbocycles. The second-order valence-electron chi connectivity index (χ2n) is 4.15. The van der Waals surface area contributed by atoms with Crippen LogP contribution in [0.5, 0.6) is 0 Å². The standard InChI is InChI=1S/C12H11N5O3S/c1-3-7-6(2)21-12(8(7)4-13)15-11(18)10-9(17(19)20)5-14-16-10/h5H,3H2,1-2H3,(H,14,16)(H,15,18). The van der Waals surface area contributed by atoms with E-state index in [9.17, 15) is 20.2 Å². The molecule has 2 heterocycles. The summed E-state index contributed by atoms with van der Waals surface area (Å²) in [6, 6.07) is 2.06. The van der Waals surface area contributed by atoms with Crippen molar-refractivity contribution in [2.45, 2.75) is 20.3 Å². The van der Waals surface area contributed by atoms with E-state index in [4.69, 9.17) is 0 Å². The van der Waals surface area contributed by atoms with Gasteiger partial charge in [0.1, 0.15) is 17.3 Å². The van der Waals surface area contributed by atoms with Crippen LogP contribution in [0.1, 0.15) is 33.4 Å². The van der Waals surface area contributed by atoms with Gasteiger partial charge in [-0.05, 0) is 18.9 Å². The third-order valence-electron chi connectivity index (χ3n) is 2.94. The van der Waals surface area contributed by atoms with Crippen LogP contribution in [-0.2, 0) is 6.42 Å². The molecule has 8 nitrogen and oxygen atoms in total. The highest BCUT2D eigenvalue weighted by atomic mass is 32.1. The second-order valence-corrected chi connectivity index (χ2v) is 5.37. The van der Waals surface area contributed by atoms with Crippen molar-refractivity contribution < 1.29 is 9.72 Å². The molecule has 0 saturated heterocycles. The minimum absolute atomic E-state index is 0.243. The van der Waals surface area contributed by atoms with Gasteiger partial charge in [-0.25, -0.2) is 0 Å². The van der Waals surface area contributed by atoms with Crippen LogP contribution >= 0.6 is 11.3 Å². The first-order chi connectivity index (χ1) is 9.99. The molecule has 9 heteroatoms. The molecule has 108 valence electrons. The zero-order chi connectivity index (χ0) is 15.6. The summed E-state index contributed by atoms with van der Waals surface area (Å²) in [4.78, 5) is 23.1. The van der Waals surface area contributed by atoms with Gasteiger partial charge in [-0.3, -0.25) is 20.0 Å². The number of thiophene rings is 1. The monoisotopic (exact) mass is 305 g/mol. The van der Waals surface area contributed by atoms with Gasteiger partial charge < -0.3 is 5.32 Å². The molecule has 0 atom stereocenters. The Morgan fingerprint density at radius 2 is 2.38 bits per heavy atom. The van der Waals surface area contributed by atoms with Crippen LogP contribution in [0, 0.1) is 28.4 Å². The number of hydrogen-bond acceptors (Lipinski definition) is 6. The minimum atomic E-state index is -0.695. The molecule has 2 N–H and O–H groups in total. The predicted octanol–water partition coefficient (Wildman–Crippen LogP) is 2.37. The zero-order valence-electron chi connectivity index (χ0n) is 11.3. The number of aryl methyl sites for hydroxylation is 1. The van der Waals surface area contributed by atoms with Crippen LogP contribution in [0.15, 0.2) is 6.20 Å². The first-order valence-electron chi connectivity index (χ1n) is 6.01. The topological polar surface area (TPSA) is 125 Å². The molecule has 2 aromatic heterocycles. The zero-order valence-corrected chi connectivity index (χ0v) is 12.1. The molecule has 0 aliphatic heterocycles. The van der Waals surface area contributed by atoms with Crippen LogP contribution in [0.25, 0.3) is 0 Å². The summed E-state index contributed by atoms with van der Waals surface area (Å²) in [5.41, 5.74) is 0.621. The predicted molar refractivity (Wildman–Crippen MR) is 76.3 cm³/mol. The van der Waals surface area contributed by atoms with Crippen LogP contribution in [0.3, 0.4) is 0 Å². The molecule has 0 saturated carbocycles. The van der Waals surface area contributed by atoms with Gasteiger partial charge in [0, 0.05) is 4.88 Å². The quantitative estimate of drug-likeness (QED) is 0.662. The average molecular weight is 305 g/mol. The Morgan fingerprint density at radius 1 is 1.67 bits per heavy atom. The summed E-state index contributed by atoms with van der Waals surface area (Å²) in [5, 5.41) is 28.7. The number of nitro groups is 1. The third kappa shape index (κ3) is 2.61. The van der Waals surface area contributed by atoms with Crippen LogP contribution < -0.4 is 5.32 Å². The Bertz CT molecular complexity index is 756. The maximum Gasteiger partial charge on any atom is 0.319 e. The Morgan fingerprint density at radius 3 is 2.95 bits per heavy atom. The van der Waals surface area contributed by atoms with Crippen molar-refractivity contribution in [2.24, 2.45) is 0 Å². The summed E-state index contributed by atoms with van der Waals surface area (Å²) >= 11 is 1.27. The van der Waals surface area contributed by atoms with Gasteiger partial charge in [0.2, 0.25) is 5.69 Å². The first-order valence-corrected chi connectivity index (χ1v) is 6.82. The molecular formula is C12H11N5O3S. The molecule has 2 aromatic rings. The Balaban J connectivity index is 2.35. The van der Waals surface area contributed by atoms with Crippen LogP contribution in [0.4, 0.5) is 10.7 Å². The van der Waals surface area contributed by atoms with Crippen molar-refractivity contribution >= 4 is 27.9 Å². The molecule has 21 heavy (non-hydrogen) atoms. The molecule has 0 aromatic carbocycles. The number of nitriles is 1.